The predicted octanol–water partition coefficient (Wildman–Crippen LogP) is 4.56. The maximum atomic E-state index is 13.6. The van der Waals surface area contributed by atoms with Gasteiger partial charge in [0.25, 0.3) is 0 Å². The van der Waals surface area contributed by atoms with Crippen molar-refractivity contribution in [1.29, 1.82) is 0 Å². The van der Waals surface area contributed by atoms with Gasteiger partial charge in [-0.15, -0.1) is 0 Å². The van der Waals surface area contributed by atoms with Crippen molar-refractivity contribution in [3.05, 3.63) is 17.7 Å². The number of pyridine rings is 1. The molecule has 20 heavy (non-hydrogen) atoms. The average Bonchev–Trinajstić information content (AvgIpc) is 2.42. The maximum absolute atomic E-state index is 13.6. The van der Waals surface area contributed by atoms with Crippen LogP contribution in [0.25, 0.3) is 0 Å². The number of hydrogen-bond acceptors (Lipinski definition) is 3. The van der Waals surface area contributed by atoms with Crippen LogP contribution in [0.2, 0.25) is 0 Å². The smallest absolute Gasteiger partial charge is 0.168 e. The molecule has 0 radical (unpaired) electrons. The lowest BCUT2D eigenvalue weighted by Crippen LogP contribution is -2.09. The molecule has 114 valence electrons. The number of aromatic nitrogens is 1. The molecule has 1 aromatic rings. The zero-order valence-corrected chi connectivity index (χ0v) is 12.4. The van der Waals surface area contributed by atoms with Gasteiger partial charge in [0.05, 0.1) is 0 Å². The Morgan fingerprint density at radius 1 is 0.900 bits per heavy atom. The van der Waals surface area contributed by atoms with Crippen molar-refractivity contribution in [3.8, 4) is 0 Å². The van der Waals surface area contributed by atoms with Crippen LogP contribution >= 0.6 is 0 Å². The van der Waals surface area contributed by atoms with Gasteiger partial charge in [0.2, 0.25) is 0 Å². The summed E-state index contributed by atoms with van der Waals surface area (Å²) >= 11 is 0. The molecule has 0 fully saturated rings. The number of anilines is 2. The molecule has 2 N–H and O–H groups in total. The number of nitrogens with one attached hydrogen (secondary N) is 2. The first kappa shape index (κ1) is 16.7. The zero-order chi connectivity index (χ0) is 14.8. The Labute approximate surface area is 120 Å². The number of hydrogen-bond donors (Lipinski definition) is 2. The van der Waals surface area contributed by atoms with Crippen molar-refractivity contribution >= 4 is 11.6 Å². The van der Waals surface area contributed by atoms with Crippen molar-refractivity contribution in [2.75, 3.05) is 23.7 Å². The second-order valence-corrected chi connectivity index (χ2v) is 4.87. The fourth-order valence-electron chi connectivity index (χ4n) is 1.99. The first-order valence-corrected chi connectivity index (χ1v) is 7.52. The molecule has 0 aliphatic rings. The predicted molar refractivity (Wildman–Crippen MR) is 80.2 cm³/mol. The lowest BCUT2D eigenvalue weighted by atomic mass is 10.1. The largest absolute Gasteiger partial charge is 0.368 e. The summed E-state index contributed by atoms with van der Waals surface area (Å²) in [7, 11) is 0. The lowest BCUT2D eigenvalue weighted by Gasteiger charge is -2.10. The minimum Gasteiger partial charge on any atom is -0.368 e. The van der Waals surface area contributed by atoms with Gasteiger partial charge in [0.1, 0.15) is 0 Å². The van der Waals surface area contributed by atoms with Crippen LogP contribution in [-0.2, 0) is 0 Å². The van der Waals surface area contributed by atoms with E-state index in [9.17, 15) is 8.78 Å². The van der Waals surface area contributed by atoms with Crippen LogP contribution in [0, 0.1) is 11.6 Å². The van der Waals surface area contributed by atoms with Gasteiger partial charge in [0, 0.05) is 19.2 Å². The van der Waals surface area contributed by atoms with Gasteiger partial charge >= 0.3 is 0 Å². The topological polar surface area (TPSA) is 37.0 Å². The molecule has 0 atom stereocenters. The molecule has 0 saturated carbocycles. The standard InChI is InChI=1S/C15H25F2N3/c1-3-5-6-7-8-9-10-19-15-13(17)11-12(16)14(20-15)18-4-2/h11H,3-10H2,1-2H3,(H2,18,19,20). The summed E-state index contributed by atoms with van der Waals surface area (Å²) in [6.45, 7) is 5.24. The van der Waals surface area contributed by atoms with Crippen LogP contribution in [-0.4, -0.2) is 18.1 Å². The van der Waals surface area contributed by atoms with Crippen LogP contribution in [0.1, 0.15) is 52.4 Å². The first-order chi connectivity index (χ1) is 9.69. The molecule has 1 rings (SSSR count). The van der Waals surface area contributed by atoms with Crippen LogP contribution in [0.15, 0.2) is 6.07 Å². The Morgan fingerprint density at radius 3 is 2.15 bits per heavy atom. The molecule has 0 spiro atoms. The van der Waals surface area contributed by atoms with E-state index in [0.717, 1.165) is 18.9 Å². The molecule has 3 nitrogen and oxygen atoms in total. The van der Waals surface area contributed by atoms with E-state index in [1.54, 1.807) is 0 Å². The van der Waals surface area contributed by atoms with Gasteiger partial charge < -0.3 is 10.6 Å². The highest BCUT2D eigenvalue weighted by atomic mass is 19.1. The molecule has 0 aliphatic carbocycles. The van der Waals surface area contributed by atoms with E-state index in [4.69, 9.17) is 0 Å². The molecular formula is C15H25F2N3. The van der Waals surface area contributed by atoms with E-state index in [1.165, 1.54) is 25.7 Å². The minimum atomic E-state index is -0.658. The number of rotatable bonds is 10. The van der Waals surface area contributed by atoms with Gasteiger partial charge in [-0.25, -0.2) is 13.8 Å². The first-order valence-electron chi connectivity index (χ1n) is 7.52. The number of nitrogens with zero attached hydrogens (tertiary/aromatic N) is 1. The van der Waals surface area contributed by atoms with Crippen molar-refractivity contribution in [1.82, 2.24) is 4.98 Å². The Balaban J connectivity index is 2.37. The van der Waals surface area contributed by atoms with Gasteiger partial charge in [-0.05, 0) is 13.3 Å². The van der Waals surface area contributed by atoms with E-state index in [-0.39, 0.29) is 11.6 Å². The highest BCUT2D eigenvalue weighted by Crippen LogP contribution is 2.19. The summed E-state index contributed by atoms with van der Waals surface area (Å²) < 4.78 is 26.9. The quantitative estimate of drug-likeness (QED) is 0.619. The van der Waals surface area contributed by atoms with E-state index in [1.807, 2.05) is 6.92 Å². The number of halogens is 2. The van der Waals surface area contributed by atoms with E-state index < -0.39 is 11.6 Å². The van der Waals surface area contributed by atoms with Crippen LogP contribution in [0.3, 0.4) is 0 Å². The summed E-state index contributed by atoms with van der Waals surface area (Å²) in [5.74, 6) is -1.08. The Morgan fingerprint density at radius 2 is 1.50 bits per heavy atom. The highest BCUT2D eigenvalue weighted by Gasteiger charge is 2.10. The summed E-state index contributed by atoms with van der Waals surface area (Å²) in [6, 6.07) is 0.870. The third-order valence-corrected chi connectivity index (χ3v) is 3.10. The third-order valence-electron chi connectivity index (χ3n) is 3.10. The summed E-state index contributed by atoms with van der Waals surface area (Å²) in [6.07, 6.45) is 7.06. The maximum Gasteiger partial charge on any atom is 0.168 e. The fourth-order valence-corrected chi connectivity index (χ4v) is 1.99. The lowest BCUT2D eigenvalue weighted by molar-refractivity contribution is 0.576. The van der Waals surface area contributed by atoms with Crippen LogP contribution in [0.5, 0.6) is 0 Å². The monoisotopic (exact) mass is 285 g/mol. The van der Waals surface area contributed by atoms with Gasteiger partial charge in [-0.2, -0.15) is 0 Å². The molecule has 0 bridgehead atoms. The molecule has 0 amide bonds. The van der Waals surface area contributed by atoms with Gasteiger partial charge in [0.15, 0.2) is 23.3 Å². The van der Waals surface area contributed by atoms with Crippen LogP contribution in [0.4, 0.5) is 20.4 Å². The minimum absolute atomic E-state index is 0.0966. The summed E-state index contributed by atoms with van der Waals surface area (Å²) in [5.41, 5.74) is 0. The molecule has 1 heterocycles. The zero-order valence-electron chi connectivity index (χ0n) is 12.4. The Hall–Kier alpha value is -1.39. The molecule has 0 saturated heterocycles. The van der Waals surface area contributed by atoms with Crippen molar-refractivity contribution in [2.24, 2.45) is 0 Å². The second kappa shape index (κ2) is 9.50. The Bertz CT molecular complexity index is 397. The summed E-state index contributed by atoms with van der Waals surface area (Å²) in [4.78, 5) is 3.94. The third kappa shape index (κ3) is 5.72. The van der Waals surface area contributed by atoms with E-state index >= 15 is 0 Å². The van der Waals surface area contributed by atoms with Gasteiger partial charge in [-0.1, -0.05) is 39.0 Å². The van der Waals surface area contributed by atoms with E-state index in [2.05, 4.69) is 22.5 Å². The Kier molecular flexibility index (Phi) is 7.92. The molecule has 0 aromatic carbocycles. The highest BCUT2D eigenvalue weighted by molar-refractivity contribution is 5.47. The molecular weight excluding hydrogens is 260 g/mol. The molecule has 0 aliphatic heterocycles. The van der Waals surface area contributed by atoms with E-state index in [0.29, 0.717) is 13.1 Å². The number of unbranched alkanes of at least 4 members (excludes halogenated alkanes) is 5. The molecule has 1 aromatic heterocycles. The van der Waals surface area contributed by atoms with Crippen molar-refractivity contribution in [2.45, 2.75) is 52.4 Å². The summed E-state index contributed by atoms with van der Waals surface area (Å²) in [5, 5.41) is 5.71. The van der Waals surface area contributed by atoms with Crippen molar-refractivity contribution in [3.63, 3.8) is 0 Å². The normalized spacial score (nSPS) is 10.6. The van der Waals surface area contributed by atoms with Gasteiger partial charge in [-0.3, -0.25) is 0 Å². The fraction of sp³-hybridized carbons (Fsp3) is 0.667. The second-order valence-electron chi connectivity index (χ2n) is 4.87. The van der Waals surface area contributed by atoms with Crippen molar-refractivity contribution < 1.29 is 8.78 Å². The molecule has 0 unspecified atom stereocenters. The SMILES string of the molecule is CCCCCCCCNc1nc(NCC)c(F)cc1F. The average molecular weight is 285 g/mol. The molecule has 5 heteroatoms. The van der Waals surface area contributed by atoms with Crippen LogP contribution < -0.4 is 10.6 Å².